The van der Waals surface area contributed by atoms with Gasteiger partial charge in [0.15, 0.2) is 0 Å². The van der Waals surface area contributed by atoms with Gasteiger partial charge in [-0.05, 0) is 48.4 Å². The van der Waals surface area contributed by atoms with Gasteiger partial charge in [0.2, 0.25) is 0 Å². The second-order valence-electron chi connectivity index (χ2n) is 7.15. The van der Waals surface area contributed by atoms with Gasteiger partial charge in [0.25, 0.3) is 0 Å². The van der Waals surface area contributed by atoms with Gasteiger partial charge in [-0.3, -0.25) is 0 Å². The third kappa shape index (κ3) is 5.67. The Morgan fingerprint density at radius 1 is 1.19 bits per heavy atom. The number of urea groups is 1. The molecule has 0 saturated carbocycles. The molecule has 0 unspecified atom stereocenters. The van der Waals surface area contributed by atoms with Crippen molar-refractivity contribution < 1.29 is 9.18 Å². The molecule has 1 aromatic heterocycles. The zero-order valence-corrected chi connectivity index (χ0v) is 15.7. The number of halogens is 1. The van der Waals surface area contributed by atoms with Crippen LogP contribution >= 0.6 is 0 Å². The van der Waals surface area contributed by atoms with Crippen LogP contribution in [0.5, 0.6) is 0 Å². The van der Waals surface area contributed by atoms with Crippen molar-refractivity contribution in [3.05, 3.63) is 59.5 Å². The number of aromatic nitrogens is 1. The molecule has 0 bridgehead atoms. The van der Waals surface area contributed by atoms with Crippen LogP contribution in [0.4, 0.5) is 15.0 Å². The largest absolute Gasteiger partial charge is 0.357 e. The first-order valence-electron chi connectivity index (χ1n) is 9.57. The van der Waals surface area contributed by atoms with Gasteiger partial charge in [0.05, 0.1) is 0 Å². The highest BCUT2D eigenvalue weighted by atomic mass is 19.1. The first kappa shape index (κ1) is 19.1. The third-order valence-corrected chi connectivity index (χ3v) is 5.01. The predicted octanol–water partition coefficient (Wildman–Crippen LogP) is 3.50. The van der Waals surface area contributed by atoms with Crippen molar-refractivity contribution in [2.45, 2.75) is 32.7 Å². The molecule has 1 aliphatic heterocycles. The summed E-state index contributed by atoms with van der Waals surface area (Å²) in [6.07, 6.45) is 4.69. The Bertz CT molecular complexity index is 742. The maximum absolute atomic E-state index is 13.5. The molecule has 0 radical (unpaired) electrons. The molecular weight excluding hydrogens is 343 g/mol. The molecule has 27 heavy (non-hydrogen) atoms. The van der Waals surface area contributed by atoms with Crippen molar-refractivity contribution in [3.8, 4) is 0 Å². The van der Waals surface area contributed by atoms with Crippen molar-refractivity contribution in [1.82, 2.24) is 15.6 Å². The summed E-state index contributed by atoms with van der Waals surface area (Å²) in [7, 11) is 0. The number of nitrogens with one attached hydrogen (secondary N) is 2. The number of benzene rings is 1. The second kappa shape index (κ2) is 9.35. The van der Waals surface area contributed by atoms with Crippen LogP contribution in [0.1, 0.15) is 30.9 Å². The lowest BCUT2D eigenvalue weighted by Gasteiger charge is -2.31. The maximum Gasteiger partial charge on any atom is 0.315 e. The number of carbonyl (C=O) groups excluding carboxylic acids is 1. The Morgan fingerprint density at radius 3 is 2.67 bits per heavy atom. The lowest BCUT2D eigenvalue weighted by Crippen LogP contribution is -2.36. The van der Waals surface area contributed by atoms with Gasteiger partial charge < -0.3 is 15.5 Å². The van der Waals surface area contributed by atoms with E-state index in [9.17, 15) is 9.18 Å². The van der Waals surface area contributed by atoms with E-state index in [0.717, 1.165) is 30.4 Å². The van der Waals surface area contributed by atoms with Crippen LogP contribution in [0.15, 0.2) is 42.6 Å². The molecule has 6 heteroatoms. The Morgan fingerprint density at radius 2 is 1.96 bits per heavy atom. The quantitative estimate of drug-likeness (QED) is 0.818. The number of hydrogen-bond acceptors (Lipinski definition) is 3. The number of amides is 2. The molecule has 1 saturated heterocycles. The third-order valence-electron chi connectivity index (χ3n) is 5.01. The first-order valence-corrected chi connectivity index (χ1v) is 9.57. The molecule has 1 aromatic carbocycles. The lowest BCUT2D eigenvalue weighted by atomic mass is 9.99. The molecule has 1 fully saturated rings. The van der Waals surface area contributed by atoms with Crippen LogP contribution in [0.3, 0.4) is 0 Å². The minimum Gasteiger partial charge on any atom is -0.357 e. The molecule has 0 spiro atoms. The number of hydrogen-bond donors (Lipinski definition) is 2. The normalized spacial score (nSPS) is 14.8. The molecule has 2 amide bonds. The SMILES string of the molecule is CC1CCN(c2ccc(CNC(=O)NCCc3ccccc3F)cn2)CC1. The Kier molecular flexibility index (Phi) is 6.63. The Hall–Kier alpha value is -2.63. The molecule has 144 valence electrons. The van der Waals surface area contributed by atoms with E-state index in [-0.39, 0.29) is 11.8 Å². The molecule has 2 N–H and O–H groups in total. The fraction of sp³-hybridized carbons (Fsp3) is 0.429. The highest BCUT2D eigenvalue weighted by Crippen LogP contribution is 2.21. The zero-order valence-electron chi connectivity index (χ0n) is 15.7. The van der Waals surface area contributed by atoms with Crippen molar-refractivity contribution in [2.75, 3.05) is 24.5 Å². The van der Waals surface area contributed by atoms with Gasteiger partial charge in [-0.2, -0.15) is 0 Å². The van der Waals surface area contributed by atoms with Gasteiger partial charge >= 0.3 is 6.03 Å². The summed E-state index contributed by atoms with van der Waals surface area (Å²) < 4.78 is 13.5. The molecule has 3 rings (SSSR count). The number of carbonyl (C=O) groups is 1. The summed E-state index contributed by atoms with van der Waals surface area (Å²) >= 11 is 0. The number of rotatable bonds is 6. The van der Waals surface area contributed by atoms with Gasteiger partial charge in [0, 0.05) is 32.4 Å². The van der Waals surface area contributed by atoms with E-state index < -0.39 is 0 Å². The van der Waals surface area contributed by atoms with E-state index in [1.165, 1.54) is 18.9 Å². The van der Waals surface area contributed by atoms with Crippen molar-refractivity contribution in [2.24, 2.45) is 5.92 Å². The summed E-state index contributed by atoms with van der Waals surface area (Å²) in [5.74, 6) is 1.55. The van der Waals surface area contributed by atoms with Gasteiger partial charge in [-0.1, -0.05) is 31.2 Å². The smallest absolute Gasteiger partial charge is 0.315 e. The molecule has 1 aliphatic rings. The van der Waals surface area contributed by atoms with Crippen LogP contribution in [0, 0.1) is 11.7 Å². The fourth-order valence-electron chi connectivity index (χ4n) is 3.20. The highest BCUT2D eigenvalue weighted by molar-refractivity contribution is 5.73. The van der Waals surface area contributed by atoms with E-state index in [1.54, 1.807) is 18.2 Å². The van der Waals surface area contributed by atoms with Gasteiger partial charge in [0.1, 0.15) is 11.6 Å². The monoisotopic (exact) mass is 370 g/mol. The van der Waals surface area contributed by atoms with Crippen LogP contribution in [-0.4, -0.2) is 30.6 Å². The van der Waals surface area contributed by atoms with E-state index in [2.05, 4.69) is 27.4 Å². The number of nitrogens with zero attached hydrogens (tertiary/aromatic N) is 2. The minimum absolute atomic E-state index is 0.242. The molecular formula is C21H27FN4O. The summed E-state index contributed by atoms with van der Waals surface area (Å²) in [6, 6.07) is 10.4. The lowest BCUT2D eigenvalue weighted by molar-refractivity contribution is 0.240. The highest BCUT2D eigenvalue weighted by Gasteiger charge is 2.16. The zero-order chi connectivity index (χ0) is 19.1. The van der Waals surface area contributed by atoms with Gasteiger partial charge in [-0.25, -0.2) is 14.2 Å². The summed E-state index contributed by atoms with van der Waals surface area (Å²) in [4.78, 5) is 18.7. The first-order chi connectivity index (χ1) is 13.1. The molecule has 0 aliphatic carbocycles. The molecule has 0 atom stereocenters. The fourth-order valence-corrected chi connectivity index (χ4v) is 3.20. The maximum atomic E-state index is 13.5. The summed E-state index contributed by atoms with van der Waals surface area (Å²) in [5, 5.41) is 5.56. The molecule has 5 nitrogen and oxygen atoms in total. The summed E-state index contributed by atoms with van der Waals surface area (Å²) in [6.45, 7) is 5.19. The Labute approximate surface area is 160 Å². The second-order valence-corrected chi connectivity index (χ2v) is 7.15. The average Bonchev–Trinajstić information content (AvgIpc) is 2.69. The number of anilines is 1. The van der Waals surface area contributed by atoms with E-state index in [4.69, 9.17) is 0 Å². The number of piperidine rings is 1. The van der Waals surface area contributed by atoms with Crippen molar-refractivity contribution >= 4 is 11.8 Å². The van der Waals surface area contributed by atoms with Crippen LogP contribution < -0.4 is 15.5 Å². The van der Waals surface area contributed by atoms with E-state index in [1.807, 2.05) is 18.3 Å². The van der Waals surface area contributed by atoms with Crippen molar-refractivity contribution in [1.29, 1.82) is 0 Å². The van der Waals surface area contributed by atoms with Crippen LogP contribution in [0.25, 0.3) is 0 Å². The predicted molar refractivity (Wildman–Crippen MR) is 105 cm³/mol. The topological polar surface area (TPSA) is 57.3 Å². The standard InChI is InChI=1S/C21H27FN4O/c1-16-9-12-26(13-10-16)20-7-6-17(14-24-20)15-25-21(27)23-11-8-18-4-2-3-5-19(18)22/h2-7,14,16H,8-13,15H2,1H3,(H2,23,25,27). The molecule has 2 heterocycles. The Balaban J connectivity index is 1.39. The van der Waals surface area contributed by atoms with E-state index in [0.29, 0.717) is 25.1 Å². The minimum atomic E-state index is -0.263. The van der Waals surface area contributed by atoms with Gasteiger partial charge in [-0.15, -0.1) is 0 Å². The average molecular weight is 370 g/mol. The van der Waals surface area contributed by atoms with E-state index >= 15 is 0 Å². The van der Waals surface area contributed by atoms with Crippen molar-refractivity contribution in [3.63, 3.8) is 0 Å². The summed E-state index contributed by atoms with van der Waals surface area (Å²) in [5.41, 5.74) is 1.55. The number of pyridine rings is 1. The van der Waals surface area contributed by atoms with Crippen LogP contribution in [-0.2, 0) is 13.0 Å². The van der Waals surface area contributed by atoms with Crippen LogP contribution in [0.2, 0.25) is 0 Å². The molecule has 2 aromatic rings.